The largest absolute Gasteiger partial charge is 0.352 e. The van der Waals surface area contributed by atoms with Gasteiger partial charge >= 0.3 is 5.69 Å². The lowest BCUT2D eigenvalue weighted by molar-refractivity contribution is 0.0929. The summed E-state index contributed by atoms with van der Waals surface area (Å²) in [5.74, 6) is -0.253. The van der Waals surface area contributed by atoms with Crippen molar-refractivity contribution in [1.29, 1.82) is 0 Å². The molecule has 0 aliphatic carbocycles. The van der Waals surface area contributed by atoms with E-state index in [2.05, 4.69) is 24.3 Å². The number of benzene rings is 2. The molecule has 0 spiro atoms. The van der Waals surface area contributed by atoms with Gasteiger partial charge in [-0.05, 0) is 42.5 Å². The Balaban J connectivity index is 2.16. The second kappa shape index (κ2) is 9.55. The molecule has 1 heterocycles. The SMILES string of the molecule is CCC(C)NC(=O)c1nn(-c2ccc(C(C)C)cc2)c(=O)n(Cc2ccccc2)c1=O. The van der Waals surface area contributed by atoms with Crippen LogP contribution < -0.4 is 16.6 Å². The zero-order valence-corrected chi connectivity index (χ0v) is 18.3. The number of rotatable bonds is 7. The van der Waals surface area contributed by atoms with Gasteiger partial charge in [-0.1, -0.05) is 63.2 Å². The zero-order chi connectivity index (χ0) is 22.5. The van der Waals surface area contributed by atoms with Gasteiger partial charge in [-0.3, -0.25) is 14.2 Å². The molecule has 0 aliphatic rings. The highest BCUT2D eigenvalue weighted by Gasteiger charge is 2.21. The molecule has 0 fully saturated rings. The molecule has 1 N–H and O–H groups in total. The summed E-state index contributed by atoms with van der Waals surface area (Å²) in [7, 11) is 0. The van der Waals surface area contributed by atoms with Crippen molar-refractivity contribution in [2.75, 3.05) is 0 Å². The van der Waals surface area contributed by atoms with Crippen LogP contribution in [-0.2, 0) is 6.54 Å². The first-order valence-corrected chi connectivity index (χ1v) is 10.5. The monoisotopic (exact) mass is 420 g/mol. The molecule has 0 aliphatic heterocycles. The van der Waals surface area contributed by atoms with E-state index in [4.69, 9.17) is 0 Å². The van der Waals surface area contributed by atoms with E-state index >= 15 is 0 Å². The maximum absolute atomic E-state index is 13.2. The van der Waals surface area contributed by atoms with Gasteiger partial charge in [-0.2, -0.15) is 9.78 Å². The van der Waals surface area contributed by atoms with Gasteiger partial charge in [-0.25, -0.2) is 4.79 Å². The van der Waals surface area contributed by atoms with Crippen molar-refractivity contribution in [3.05, 3.63) is 92.3 Å². The second-order valence-electron chi connectivity index (χ2n) is 7.95. The van der Waals surface area contributed by atoms with Crippen LogP contribution >= 0.6 is 0 Å². The van der Waals surface area contributed by atoms with Gasteiger partial charge in [0.25, 0.3) is 11.5 Å². The third-order valence-electron chi connectivity index (χ3n) is 5.25. The van der Waals surface area contributed by atoms with Crippen LogP contribution in [0.2, 0.25) is 0 Å². The molecule has 0 saturated carbocycles. The number of hydrogen-bond donors (Lipinski definition) is 1. The van der Waals surface area contributed by atoms with Crippen molar-refractivity contribution >= 4 is 5.91 Å². The van der Waals surface area contributed by atoms with Crippen LogP contribution in [0.5, 0.6) is 0 Å². The molecular weight excluding hydrogens is 392 g/mol. The standard InChI is InChI=1S/C24H28N4O3/c1-5-17(4)25-22(29)21-23(30)27(15-18-9-7-6-8-10-18)24(31)28(26-21)20-13-11-19(12-14-20)16(2)3/h6-14,16-17H,5,15H2,1-4H3,(H,25,29). The Morgan fingerprint density at radius 2 is 1.65 bits per heavy atom. The van der Waals surface area contributed by atoms with Crippen LogP contribution in [0, 0.1) is 0 Å². The zero-order valence-electron chi connectivity index (χ0n) is 18.3. The minimum Gasteiger partial charge on any atom is -0.348 e. The summed E-state index contributed by atoms with van der Waals surface area (Å²) >= 11 is 0. The highest BCUT2D eigenvalue weighted by Crippen LogP contribution is 2.15. The second-order valence-corrected chi connectivity index (χ2v) is 7.95. The number of amides is 1. The molecule has 7 nitrogen and oxygen atoms in total. The quantitative estimate of drug-likeness (QED) is 0.636. The van der Waals surface area contributed by atoms with E-state index in [-0.39, 0.29) is 18.3 Å². The van der Waals surface area contributed by atoms with Crippen LogP contribution in [0.15, 0.2) is 64.2 Å². The number of carbonyl (C=O) groups excluding carboxylic acids is 1. The van der Waals surface area contributed by atoms with Gasteiger partial charge in [0.05, 0.1) is 12.2 Å². The Morgan fingerprint density at radius 1 is 1.00 bits per heavy atom. The summed E-state index contributed by atoms with van der Waals surface area (Å²) in [6.07, 6.45) is 0.709. The third kappa shape index (κ3) is 4.99. The lowest BCUT2D eigenvalue weighted by Crippen LogP contribution is -2.47. The minimum atomic E-state index is -0.704. The number of nitrogens with one attached hydrogen (secondary N) is 1. The summed E-state index contributed by atoms with van der Waals surface area (Å²) in [5.41, 5.74) is 0.792. The summed E-state index contributed by atoms with van der Waals surface area (Å²) in [5, 5.41) is 6.93. The van der Waals surface area contributed by atoms with E-state index in [1.165, 1.54) is 0 Å². The molecule has 2 aromatic carbocycles. The lowest BCUT2D eigenvalue weighted by Gasteiger charge is -2.15. The molecule has 7 heteroatoms. The fourth-order valence-corrected chi connectivity index (χ4v) is 3.13. The normalized spacial score (nSPS) is 12.0. The maximum atomic E-state index is 13.2. The first-order chi connectivity index (χ1) is 14.8. The van der Waals surface area contributed by atoms with Gasteiger partial charge in [-0.15, -0.1) is 0 Å². The average molecular weight is 421 g/mol. The molecule has 3 aromatic rings. The molecule has 31 heavy (non-hydrogen) atoms. The number of hydrogen-bond acceptors (Lipinski definition) is 4. The molecule has 1 amide bonds. The minimum absolute atomic E-state index is 0.0503. The molecule has 0 radical (unpaired) electrons. The molecule has 1 aromatic heterocycles. The molecule has 1 unspecified atom stereocenters. The lowest BCUT2D eigenvalue weighted by atomic mass is 10.0. The van der Waals surface area contributed by atoms with Crippen molar-refractivity contribution in [2.24, 2.45) is 0 Å². The van der Waals surface area contributed by atoms with Crippen LogP contribution in [0.1, 0.15) is 61.6 Å². The van der Waals surface area contributed by atoms with E-state index in [0.717, 1.165) is 20.4 Å². The molecule has 0 saturated heterocycles. The number of nitrogens with zero attached hydrogens (tertiary/aromatic N) is 3. The Bertz CT molecular complexity index is 1160. The van der Waals surface area contributed by atoms with E-state index in [1.54, 1.807) is 12.1 Å². The Labute approximate surface area is 181 Å². The van der Waals surface area contributed by atoms with Gasteiger partial charge in [0.15, 0.2) is 0 Å². The fraction of sp³-hybridized carbons (Fsp3) is 0.333. The van der Waals surface area contributed by atoms with E-state index in [0.29, 0.717) is 18.0 Å². The highest BCUT2D eigenvalue weighted by atomic mass is 16.2. The molecule has 0 bridgehead atoms. The van der Waals surface area contributed by atoms with Gasteiger partial charge in [0.1, 0.15) is 0 Å². The van der Waals surface area contributed by atoms with Gasteiger partial charge in [0.2, 0.25) is 5.69 Å². The van der Waals surface area contributed by atoms with Crippen LogP contribution in [0.25, 0.3) is 5.69 Å². The van der Waals surface area contributed by atoms with Gasteiger partial charge in [0, 0.05) is 6.04 Å². The summed E-state index contributed by atoms with van der Waals surface area (Å²) < 4.78 is 2.18. The molecular formula is C24H28N4O3. The predicted octanol–water partition coefficient (Wildman–Crippen LogP) is 3.09. The Kier molecular flexibility index (Phi) is 6.84. The summed E-state index contributed by atoms with van der Waals surface area (Å²) in [6, 6.07) is 16.4. The highest BCUT2D eigenvalue weighted by molar-refractivity contribution is 5.91. The number of carbonyl (C=O) groups is 1. The van der Waals surface area contributed by atoms with E-state index in [9.17, 15) is 14.4 Å². The van der Waals surface area contributed by atoms with E-state index < -0.39 is 17.2 Å². The third-order valence-corrected chi connectivity index (χ3v) is 5.25. The Morgan fingerprint density at radius 3 is 2.23 bits per heavy atom. The van der Waals surface area contributed by atoms with Crippen molar-refractivity contribution in [2.45, 2.75) is 52.6 Å². The van der Waals surface area contributed by atoms with Crippen LogP contribution in [-0.4, -0.2) is 26.3 Å². The Hall–Kier alpha value is -3.48. The first kappa shape index (κ1) is 22.2. The molecule has 162 valence electrons. The van der Waals surface area contributed by atoms with Crippen molar-refractivity contribution in [3.63, 3.8) is 0 Å². The maximum Gasteiger partial charge on any atom is 0.352 e. The van der Waals surface area contributed by atoms with Crippen molar-refractivity contribution in [3.8, 4) is 5.69 Å². The fourth-order valence-electron chi connectivity index (χ4n) is 3.13. The summed E-state index contributed by atoms with van der Waals surface area (Å²) in [4.78, 5) is 39.0. The average Bonchev–Trinajstić information content (AvgIpc) is 2.77. The first-order valence-electron chi connectivity index (χ1n) is 10.5. The molecule has 1 atom stereocenters. The smallest absolute Gasteiger partial charge is 0.348 e. The summed E-state index contributed by atoms with van der Waals surface area (Å²) in [6.45, 7) is 7.99. The van der Waals surface area contributed by atoms with E-state index in [1.807, 2.05) is 56.3 Å². The van der Waals surface area contributed by atoms with Crippen molar-refractivity contribution < 1.29 is 4.79 Å². The molecule has 3 rings (SSSR count). The van der Waals surface area contributed by atoms with Crippen LogP contribution in [0.3, 0.4) is 0 Å². The number of aromatic nitrogens is 3. The van der Waals surface area contributed by atoms with Crippen molar-refractivity contribution in [1.82, 2.24) is 19.7 Å². The predicted molar refractivity (Wildman–Crippen MR) is 121 cm³/mol. The van der Waals surface area contributed by atoms with Crippen LogP contribution in [0.4, 0.5) is 0 Å². The topological polar surface area (TPSA) is 86.0 Å². The van der Waals surface area contributed by atoms with Gasteiger partial charge < -0.3 is 5.32 Å².